The summed E-state index contributed by atoms with van der Waals surface area (Å²) < 4.78 is 0. The van der Waals surface area contributed by atoms with Crippen molar-refractivity contribution < 1.29 is 0 Å². The van der Waals surface area contributed by atoms with Crippen molar-refractivity contribution in [1.82, 2.24) is 20.3 Å². The first-order valence-electron chi connectivity index (χ1n) is 9.73. The van der Waals surface area contributed by atoms with Crippen molar-refractivity contribution in [2.75, 3.05) is 0 Å². The zero-order chi connectivity index (χ0) is 20.1. The smallest absolute Gasteiger partial charge is 0.159 e. The van der Waals surface area contributed by atoms with Crippen LogP contribution in [0.3, 0.4) is 0 Å². The molecule has 0 saturated heterocycles. The Labute approximate surface area is 175 Å². The van der Waals surface area contributed by atoms with Crippen LogP contribution in [0.4, 0.5) is 0 Å². The van der Waals surface area contributed by atoms with Crippen LogP contribution in [0.1, 0.15) is 34.0 Å². The second-order valence-electron chi connectivity index (χ2n) is 7.26. The minimum Gasteiger partial charge on any atom is -0.304 e. The van der Waals surface area contributed by atoms with Gasteiger partial charge in [0.1, 0.15) is 0 Å². The number of hydrogen-bond acceptors (Lipinski definition) is 5. The van der Waals surface area contributed by atoms with E-state index in [1.54, 1.807) is 11.3 Å². The molecule has 0 bridgehead atoms. The maximum Gasteiger partial charge on any atom is 0.159 e. The topological polar surface area (TPSA) is 50.7 Å². The van der Waals surface area contributed by atoms with Gasteiger partial charge >= 0.3 is 0 Å². The Morgan fingerprint density at radius 1 is 0.897 bits per heavy atom. The standard InChI is InChI=1S/C24H24N4S/c1-17-7-8-22(25-12-17)23(11-19-9-10-29-16-19)26-13-20-14-27-24(28-15-20)21-6-4-3-5-18(21)2/h3-10,12,14-16,23,26H,11,13H2,1-2H3/t23-/m0/s1. The normalized spacial score (nSPS) is 12.1. The van der Waals surface area contributed by atoms with Crippen LogP contribution in [0.2, 0.25) is 0 Å². The molecule has 1 N–H and O–H groups in total. The highest BCUT2D eigenvalue weighted by atomic mass is 32.1. The molecule has 0 unspecified atom stereocenters. The van der Waals surface area contributed by atoms with Gasteiger partial charge in [-0.15, -0.1) is 0 Å². The van der Waals surface area contributed by atoms with Gasteiger partial charge in [0.2, 0.25) is 0 Å². The molecule has 4 nitrogen and oxygen atoms in total. The fourth-order valence-corrected chi connectivity index (χ4v) is 3.94. The van der Waals surface area contributed by atoms with Gasteiger partial charge in [-0.05, 0) is 59.9 Å². The minimum absolute atomic E-state index is 0.140. The van der Waals surface area contributed by atoms with Crippen LogP contribution in [-0.4, -0.2) is 15.0 Å². The van der Waals surface area contributed by atoms with E-state index in [0.29, 0.717) is 6.54 Å². The Kier molecular flexibility index (Phi) is 6.08. The molecule has 0 aliphatic rings. The van der Waals surface area contributed by atoms with E-state index < -0.39 is 0 Å². The summed E-state index contributed by atoms with van der Waals surface area (Å²) in [6, 6.07) is 14.7. The van der Waals surface area contributed by atoms with Crippen LogP contribution in [0.15, 0.2) is 71.8 Å². The number of nitrogens with zero attached hydrogens (tertiary/aromatic N) is 3. The van der Waals surface area contributed by atoms with Crippen molar-refractivity contribution >= 4 is 11.3 Å². The lowest BCUT2D eigenvalue weighted by atomic mass is 10.0. The van der Waals surface area contributed by atoms with Crippen LogP contribution in [0.5, 0.6) is 0 Å². The Morgan fingerprint density at radius 3 is 2.41 bits per heavy atom. The second-order valence-corrected chi connectivity index (χ2v) is 8.04. The first-order valence-corrected chi connectivity index (χ1v) is 10.7. The number of thiophene rings is 1. The van der Waals surface area contributed by atoms with Crippen LogP contribution in [0.25, 0.3) is 11.4 Å². The van der Waals surface area contributed by atoms with Gasteiger partial charge in [-0.3, -0.25) is 4.98 Å². The molecular formula is C24H24N4S. The molecule has 3 aromatic heterocycles. The molecule has 3 heterocycles. The lowest BCUT2D eigenvalue weighted by molar-refractivity contribution is 0.517. The second kappa shape index (κ2) is 9.07. The van der Waals surface area contributed by atoms with E-state index >= 15 is 0 Å². The van der Waals surface area contributed by atoms with Crippen LogP contribution in [0, 0.1) is 13.8 Å². The lowest BCUT2D eigenvalue weighted by Gasteiger charge is -2.18. The lowest BCUT2D eigenvalue weighted by Crippen LogP contribution is -2.24. The maximum absolute atomic E-state index is 4.64. The van der Waals surface area contributed by atoms with Crippen molar-refractivity contribution in [1.29, 1.82) is 0 Å². The average molecular weight is 401 g/mol. The van der Waals surface area contributed by atoms with E-state index in [-0.39, 0.29) is 6.04 Å². The highest BCUT2D eigenvalue weighted by Crippen LogP contribution is 2.21. The highest BCUT2D eigenvalue weighted by Gasteiger charge is 2.14. The predicted octanol–water partition coefficient (Wildman–Crippen LogP) is 5.29. The third-order valence-electron chi connectivity index (χ3n) is 4.96. The third-order valence-corrected chi connectivity index (χ3v) is 5.69. The van der Waals surface area contributed by atoms with E-state index in [0.717, 1.165) is 29.1 Å². The van der Waals surface area contributed by atoms with Gasteiger partial charge < -0.3 is 5.32 Å². The molecule has 0 aliphatic carbocycles. The summed E-state index contributed by atoms with van der Waals surface area (Å²) in [5.41, 5.74) is 6.86. The molecule has 1 atom stereocenters. The zero-order valence-corrected chi connectivity index (χ0v) is 17.5. The van der Waals surface area contributed by atoms with Gasteiger partial charge in [0, 0.05) is 36.3 Å². The molecule has 1 aromatic carbocycles. The van der Waals surface area contributed by atoms with Crippen molar-refractivity contribution in [3.8, 4) is 11.4 Å². The highest BCUT2D eigenvalue weighted by molar-refractivity contribution is 7.07. The van der Waals surface area contributed by atoms with Crippen LogP contribution in [-0.2, 0) is 13.0 Å². The molecule has 0 aliphatic heterocycles. The molecule has 0 spiro atoms. The molecule has 4 rings (SSSR count). The number of hydrogen-bond donors (Lipinski definition) is 1. The number of rotatable bonds is 7. The van der Waals surface area contributed by atoms with Crippen LogP contribution < -0.4 is 5.32 Å². The quantitative estimate of drug-likeness (QED) is 0.458. The summed E-state index contributed by atoms with van der Waals surface area (Å²) in [4.78, 5) is 13.8. The van der Waals surface area contributed by atoms with Crippen molar-refractivity contribution in [3.05, 3.63) is 99.8 Å². The first kappa shape index (κ1) is 19.4. The van der Waals surface area contributed by atoms with E-state index in [9.17, 15) is 0 Å². The minimum atomic E-state index is 0.140. The van der Waals surface area contributed by atoms with Gasteiger partial charge in [-0.2, -0.15) is 11.3 Å². The van der Waals surface area contributed by atoms with Crippen molar-refractivity contribution in [2.45, 2.75) is 32.9 Å². The van der Waals surface area contributed by atoms with Crippen LogP contribution >= 0.6 is 11.3 Å². The Balaban J connectivity index is 1.48. The molecule has 29 heavy (non-hydrogen) atoms. The van der Waals surface area contributed by atoms with Gasteiger partial charge in [0.05, 0.1) is 11.7 Å². The van der Waals surface area contributed by atoms with E-state index in [1.165, 1.54) is 16.7 Å². The number of pyridine rings is 1. The number of aryl methyl sites for hydroxylation is 2. The molecule has 146 valence electrons. The predicted molar refractivity (Wildman–Crippen MR) is 119 cm³/mol. The van der Waals surface area contributed by atoms with Crippen molar-refractivity contribution in [2.24, 2.45) is 0 Å². The molecule has 0 amide bonds. The van der Waals surface area contributed by atoms with E-state index in [1.807, 2.05) is 30.7 Å². The molecule has 0 fully saturated rings. The van der Waals surface area contributed by atoms with Gasteiger partial charge in [-0.1, -0.05) is 30.3 Å². The summed E-state index contributed by atoms with van der Waals surface area (Å²) in [7, 11) is 0. The fraction of sp³-hybridized carbons (Fsp3) is 0.208. The Hall–Kier alpha value is -2.89. The zero-order valence-electron chi connectivity index (χ0n) is 16.7. The molecular weight excluding hydrogens is 376 g/mol. The number of benzene rings is 1. The summed E-state index contributed by atoms with van der Waals surface area (Å²) in [6.07, 6.45) is 6.65. The maximum atomic E-state index is 4.64. The molecule has 0 saturated carbocycles. The number of nitrogens with one attached hydrogen (secondary N) is 1. The van der Waals surface area contributed by atoms with Crippen molar-refractivity contribution in [3.63, 3.8) is 0 Å². The number of aromatic nitrogens is 3. The molecule has 5 heteroatoms. The summed E-state index contributed by atoms with van der Waals surface area (Å²) in [6.45, 7) is 4.83. The monoisotopic (exact) mass is 400 g/mol. The third kappa shape index (κ3) is 4.94. The first-order chi connectivity index (χ1) is 14.2. The summed E-state index contributed by atoms with van der Waals surface area (Å²) in [5, 5.41) is 7.96. The van der Waals surface area contributed by atoms with E-state index in [2.05, 4.69) is 75.2 Å². The SMILES string of the molecule is Cc1ccc([C@H](Cc2ccsc2)NCc2cnc(-c3ccccc3C)nc2)nc1. The Bertz CT molecular complexity index is 1040. The molecule has 0 radical (unpaired) electrons. The van der Waals surface area contributed by atoms with Gasteiger partial charge in [-0.25, -0.2) is 9.97 Å². The summed E-state index contributed by atoms with van der Waals surface area (Å²) >= 11 is 1.73. The van der Waals surface area contributed by atoms with Gasteiger partial charge in [0.15, 0.2) is 5.82 Å². The summed E-state index contributed by atoms with van der Waals surface area (Å²) in [5.74, 6) is 0.766. The largest absolute Gasteiger partial charge is 0.304 e. The Morgan fingerprint density at radius 2 is 1.72 bits per heavy atom. The average Bonchev–Trinajstić information content (AvgIpc) is 3.26. The van der Waals surface area contributed by atoms with E-state index in [4.69, 9.17) is 0 Å². The fourth-order valence-electron chi connectivity index (χ4n) is 3.26. The van der Waals surface area contributed by atoms with Gasteiger partial charge in [0.25, 0.3) is 0 Å². The molecule has 4 aromatic rings.